The van der Waals surface area contributed by atoms with Gasteiger partial charge < -0.3 is 10.2 Å². The van der Waals surface area contributed by atoms with Gasteiger partial charge in [0.1, 0.15) is 0 Å². The summed E-state index contributed by atoms with van der Waals surface area (Å²) in [6, 6.07) is 11.4. The number of nitrogens with one attached hydrogen (secondary N) is 1. The summed E-state index contributed by atoms with van der Waals surface area (Å²) < 4.78 is 0. The lowest BCUT2D eigenvalue weighted by molar-refractivity contribution is -0.129. The number of halogens is 1. The van der Waals surface area contributed by atoms with Crippen LogP contribution in [0.4, 0.5) is 0 Å². The summed E-state index contributed by atoms with van der Waals surface area (Å²) in [5.41, 5.74) is 0.973. The van der Waals surface area contributed by atoms with Gasteiger partial charge in [0.2, 0.25) is 11.8 Å². The molecule has 2 heterocycles. The molecule has 136 valence electrons. The van der Waals surface area contributed by atoms with Crippen molar-refractivity contribution in [1.82, 2.24) is 15.2 Å². The van der Waals surface area contributed by atoms with Crippen LogP contribution in [0.2, 0.25) is 5.02 Å². The third-order valence-corrected chi connectivity index (χ3v) is 5.43. The van der Waals surface area contributed by atoms with E-state index in [0.29, 0.717) is 24.7 Å². The van der Waals surface area contributed by atoms with Crippen molar-refractivity contribution in [1.29, 1.82) is 0 Å². The highest BCUT2D eigenvalue weighted by Crippen LogP contribution is 2.21. The molecule has 3 rings (SSSR count). The van der Waals surface area contributed by atoms with E-state index in [4.69, 9.17) is 11.6 Å². The maximum Gasteiger partial charge on any atom is 0.225 e. The minimum absolute atomic E-state index is 0.0181. The first-order chi connectivity index (χ1) is 12.6. The number of carbonyl (C=O) groups is 2. The van der Waals surface area contributed by atoms with E-state index >= 15 is 0 Å². The molecule has 2 amide bonds. The number of aromatic nitrogens is 1. The molecule has 2 aromatic rings. The highest BCUT2D eigenvalue weighted by Gasteiger charge is 2.33. The number of benzene rings is 1. The summed E-state index contributed by atoms with van der Waals surface area (Å²) in [6.07, 6.45) is 3.72. The van der Waals surface area contributed by atoms with Crippen LogP contribution < -0.4 is 5.32 Å². The number of hydrogen-bond donors (Lipinski definition) is 1. The lowest BCUT2D eigenvalue weighted by atomic mass is 10.1. The van der Waals surface area contributed by atoms with E-state index < -0.39 is 0 Å². The zero-order valence-corrected chi connectivity index (χ0v) is 15.8. The molecule has 0 aliphatic carbocycles. The van der Waals surface area contributed by atoms with Crippen LogP contribution in [-0.4, -0.2) is 40.5 Å². The number of hydrogen-bond acceptors (Lipinski definition) is 4. The summed E-state index contributed by atoms with van der Waals surface area (Å²) in [5.74, 6) is 0.459. The number of thioether (sulfide) groups is 1. The van der Waals surface area contributed by atoms with Crippen LogP contribution in [0.25, 0.3) is 0 Å². The van der Waals surface area contributed by atoms with E-state index in [9.17, 15) is 9.59 Å². The first-order valence-corrected chi connectivity index (χ1v) is 9.81. The molecule has 1 aliphatic heterocycles. The van der Waals surface area contributed by atoms with Gasteiger partial charge >= 0.3 is 0 Å². The summed E-state index contributed by atoms with van der Waals surface area (Å²) in [7, 11) is 0. The second-order valence-electron chi connectivity index (χ2n) is 6.13. The first kappa shape index (κ1) is 18.7. The quantitative estimate of drug-likeness (QED) is 0.584. The van der Waals surface area contributed by atoms with Gasteiger partial charge in [0.05, 0.1) is 5.92 Å². The van der Waals surface area contributed by atoms with Crippen LogP contribution in [0.15, 0.2) is 53.7 Å². The zero-order valence-electron chi connectivity index (χ0n) is 14.2. The fourth-order valence-electron chi connectivity index (χ4n) is 2.83. The molecular weight excluding hydrogens is 370 g/mol. The van der Waals surface area contributed by atoms with Gasteiger partial charge in [-0.05, 0) is 35.9 Å². The average molecular weight is 390 g/mol. The normalized spacial score (nSPS) is 16.7. The van der Waals surface area contributed by atoms with Gasteiger partial charge in [-0.25, -0.2) is 0 Å². The van der Waals surface area contributed by atoms with Gasteiger partial charge in [-0.1, -0.05) is 17.7 Å². The van der Waals surface area contributed by atoms with Crippen LogP contribution in [0.5, 0.6) is 0 Å². The van der Waals surface area contributed by atoms with Gasteiger partial charge in [0.15, 0.2) is 0 Å². The lowest BCUT2D eigenvalue weighted by Crippen LogP contribution is -2.34. The summed E-state index contributed by atoms with van der Waals surface area (Å²) in [5, 5.41) is 3.65. The topological polar surface area (TPSA) is 62.3 Å². The fraction of sp³-hybridized carbons (Fsp3) is 0.316. The molecule has 1 fully saturated rings. The third kappa shape index (κ3) is 5.22. The minimum atomic E-state index is -0.278. The van der Waals surface area contributed by atoms with E-state index in [1.165, 1.54) is 0 Å². The molecule has 0 spiro atoms. The maximum atomic E-state index is 12.3. The van der Waals surface area contributed by atoms with Crippen molar-refractivity contribution < 1.29 is 9.59 Å². The SMILES string of the molecule is O=C(NCCSc1ccc(Cl)cc1)[C@H]1CC(=O)N(Cc2cccnc2)C1. The summed E-state index contributed by atoms with van der Waals surface area (Å²) in [4.78, 5) is 31.4. The molecule has 0 radical (unpaired) electrons. The second kappa shape index (κ2) is 9.05. The molecule has 1 saturated heterocycles. The Morgan fingerprint density at radius 2 is 2.12 bits per heavy atom. The highest BCUT2D eigenvalue weighted by molar-refractivity contribution is 7.99. The molecule has 26 heavy (non-hydrogen) atoms. The van der Waals surface area contributed by atoms with Crippen molar-refractivity contribution in [2.24, 2.45) is 5.92 Å². The van der Waals surface area contributed by atoms with Crippen molar-refractivity contribution in [3.63, 3.8) is 0 Å². The van der Waals surface area contributed by atoms with Crippen molar-refractivity contribution in [3.05, 3.63) is 59.4 Å². The molecule has 0 bridgehead atoms. The number of carbonyl (C=O) groups excluding carboxylic acids is 2. The molecule has 1 aromatic heterocycles. The number of amides is 2. The van der Waals surface area contributed by atoms with Crippen molar-refractivity contribution in [2.75, 3.05) is 18.8 Å². The Balaban J connectivity index is 1.41. The molecule has 5 nitrogen and oxygen atoms in total. The Hall–Kier alpha value is -2.05. The van der Waals surface area contributed by atoms with E-state index in [1.54, 1.807) is 29.1 Å². The van der Waals surface area contributed by atoms with Crippen LogP contribution in [0.3, 0.4) is 0 Å². The van der Waals surface area contributed by atoms with E-state index in [-0.39, 0.29) is 24.2 Å². The Morgan fingerprint density at radius 1 is 1.31 bits per heavy atom. The molecule has 1 aliphatic rings. The van der Waals surface area contributed by atoms with Gasteiger partial charge in [0, 0.05) is 54.1 Å². The molecule has 1 N–H and O–H groups in total. The zero-order chi connectivity index (χ0) is 18.4. The Labute approximate surface area is 162 Å². The number of pyridine rings is 1. The van der Waals surface area contributed by atoms with E-state index in [2.05, 4.69) is 10.3 Å². The summed E-state index contributed by atoms with van der Waals surface area (Å²) in [6.45, 7) is 1.53. The smallest absolute Gasteiger partial charge is 0.225 e. The van der Waals surface area contributed by atoms with Gasteiger partial charge in [-0.2, -0.15) is 0 Å². The molecule has 7 heteroatoms. The number of nitrogens with zero attached hydrogens (tertiary/aromatic N) is 2. The second-order valence-corrected chi connectivity index (χ2v) is 7.73. The van der Waals surface area contributed by atoms with Crippen LogP contribution >= 0.6 is 23.4 Å². The predicted molar refractivity (Wildman–Crippen MR) is 103 cm³/mol. The van der Waals surface area contributed by atoms with Crippen LogP contribution in [0.1, 0.15) is 12.0 Å². The standard InChI is InChI=1S/C19H20ClN3O2S/c20-16-3-5-17(6-4-16)26-9-8-22-19(25)15-10-18(24)23(13-15)12-14-2-1-7-21-11-14/h1-7,11,15H,8-10,12-13H2,(H,22,25)/t15-/m0/s1. The van der Waals surface area contributed by atoms with Gasteiger partial charge in [0.25, 0.3) is 0 Å². The Bertz CT molecular complexity index is 755. The number of rotatable bonds is 7. The monoisotopic (exact) mass is 389 g/mol. The molecule has 0 unspecified atom stereocenters. The molecule has 1 aromatic carbocycles. The Morgan fingerprint density at radius 3 is 2.85 bits per heavy atom. The Kier molecular flexibility index (Phi) is 6.52. The van der Waals surface area contributed by atoms with Crippen molar-refractivity contribution >= 4 is 35.2 Å². The van der Waals surface area contributed by atoms with Crippen LogP contribution in [-0.2, 0) is 16.1 Å². The maximum absolute atomic E-state index is 12.3. The average Bonchev–Trinajstić information content (AvgIpc) is 3.01. The van der Waals surface area contributed by atoms with Gasteiger partial charge in [-0.3, -0.25) is 14.6 Å². The summed E-state index contributed by atoms with van der Waals surface area (Å²) >= 11 is 7.52. The lowest BCUT2D eigenvalue weighted by Gasteiger charge is -2.16. The molecule has 1 atom stereocenters. The van der Waals surface area contributed by atoms with Gasteiger partial charge in [-0.15, -0.1) is 11.8 Å². The van der Waals surface area contributed by atoms with Crippen molar-refractivity contribution in [2.45, 2.75) is 17.9 Å². The fourth-order valence-corrected chi connectivity index (χ4v) is 3.73. The highest BCUT2D eigenvalue weighted by atomic mass is 35.5. The van der Waals surface area contributed by atoms with E-state index in [0.717, 1.165) is 16.2 Å². The van der Waals surface area contributed by atoms with E-state index in [1.807, 2.05) is 36.4 Å². The third-order valence-electron chi connectivity index (χ3n) is 4.17. The van der Waals surface area contributed by atoms with Crippen LogP contribution in [0, 0.1) is 5.92 Å². The first-order valence-electron chi connectivity index (χ1n) is 8.44. The largest absolute Gasteiger partial charge is 0.355 e. The van der Waals surface area contributed by atoms with Crippen molar-refractivity contribution in [3.8, 4) is 0 Å². The molecule has 0 saturated carbocycles. The predicted octanol–water partition coefficient (Wildman–Crippen LogP) is 2.99. The molecular formula is C19H20ClN3O2S. The minimum Gasteiger partial charge on any atom is -0.355 e. The number of likely N-dealkylation sites (tertiary alicyclic amines) is 1.